The highest BCUT2D eigenvalue weighted by Gasteiger charge is 2.32. The molecular weight excluding hydrogens is 422 g/mol. The number of nitrogens with zero attached hydrogens (tertiary/aromatic N) is 2. The van der Waals surface area contributed by atoms with Crippen LogP contribution in [0, 0.1) is 18.8 Å². The molecule has 1 aliphatic heterocycles. The number of amides is 1. The zero-order chi connectivity index (χ0) is 22.8. The van der Waals surface area contributed by atoms with E-state index in [4.69, 9.17) is 0 Å². The molecule has 9 heteroatoms. The molecule has 3 rings (SSSR count). The maximum absolute atomic E-state index is 13.0. The summed E-state index contributed by atoms with van der Waals surface area (Å²) >= 11 is 0. The lowest BCUT2D eigenvalue weighted by Gasteiger charge is -2.36. The summed E-state index contributed by atoms with van der Waals surface area (Å²) in [6.07, 6.45) is -8.95. The van der Waals surface area contributed by atoms with Crippen LogP contribution in [-0.4, -0.2) is 37.0 Å². The second kappa shape index (κ2) is 8.53. The largest absolute Gasteiger partial charge is 0.416 e. The van der Waals surface area contributed by atoms with Crippen LogP contribution in [0.15, 0.2) is 42.5 Å². The number of hydrogen-bond donors (Lipinski definition) is 0. The van der Waals surface area contributed by atoms with Gasteiger partial charge in [0.15, 0.2) is 0 Å². The van der Waals surface area contributed by atoms with Crippen molar-refractivity contribution in [2.75, 3.05) is 31.1 Å². The molecule has 0 aliphatic carbocycles. The quantitative estimate of drug-likeness (QED) is 0.473. The molecule has 0 N–H and O–H groups in total. The van der Waals surface area contributed by atoms with Gasteiger partial charge in [-0.25, -0.2) is 0 Å². The number of anilines is 1. The molecule has 0 aromatic heterocycles. The van der Waals surface area contributed by atoms with Crippen LogP contribution in [0.4, 0.5) is 32.0 Å². The van der Waals surface area contributed by atoms with E-state index < -0.39 is 29.4 Å². The highest BCUT2D eigenvalue weighted by molar-refractivity contribution is 5.94. The molecule has 0 bridgehead atoms. The van der Waals surface area contributed by atoms with Crippen molar-refractivity contribution in [2.24, 2.45) is 0 Å². The standard InChI is InChI=1S/C22H18F6N2O/c1-15-5-7-18(22(26,27)28)14-19(15)29-9-11-30(12-10-29)20(31)8-6-16-3-2-4-17(13-16)21(23,24)25/h2-5,7,13-14H,9-12H2,1H3. The highest BCUT2D eigenvalue weighted by Crippen LogP contribution is 2.33. The molecule has 1 fully saturated rings. The number of aryl methyl sites for hydroxylation is 1. The number of carbonyl (C=O) groups is 1. The lowest BCUT2D eigenvalue weighted by atomic mass is 10.1. The average Bonchev–Trinajstić information content (AvgIpc) is 2.71. The van der Waals surface area contributed by atoms with E-state index >= 15 is 0 Å². The first-order valence-corrected chi connectivity index (χ1v) is 9.36. The van der Waals surface area contributed by atoms with E-state index in [2.05, 4.69) is 11.8 Å². The van der Waals surface area contributed by atoms with Crippen LogP contribution in [0.25, 0.3) is 0 Å². The molecule has 0 unspecified atom stereocenters. The van der Waals surface area contributed by atoms with Crippen LogP contribution < -0.4 is 4.90 Å². The molecule has 3 nitrogen and oxygen atoms in total. The van der Waals surface area contributed by atoms with Gasteiger partial charge in [0.25, 0.3) is 5.91 Å². The minimum absolute atomic E-state index is 0.0707. The van der Waals surface area contributed by atoms with Crippen LogP contribution in [0.2, 0.25) is 0 Å². The molecule has 1 aliphatic rings. The van der Waals surface area contributed by atoms with Gasteiger partial charge in [-0.3, -0.25) is 4.79 Å². The minimum atomic E-state index is -4.50. The van der Waals surface area contributed by atoms with Gasteiger partial charge in [-0.05, 0) is 42.8 Å². The predicted molar refractivity (Wildman–Crippen MR) is 103 cm³/mol. The zero-order valence-corrected chi connectivity index (χ0v) is 16.4. The van der Waals surface area contributed by atoms with Crippen molar-refractivity contribution >= 4 is 11.6 Å². The predicted octanol–water partition coefficient (Wildman–Crippen LogP) is 4.73. The maximum Gasteiger partial charge on any atom is 0.416 e. The van der Waals surface area contributed by atoms with Crippen molar-refractivity contribution in [3.8, 4) is 11.8 Å². The van der Waals surface area contributed by atoms with E-state index in [1.54, 1.807) is 11.8 Å². The minimum Gasteiger partial charge on any atom is -0.368 e. The summed E-state index contributed by atoms with van der Waals surface area (Å²) in [6, 6.07) is 7.92. The normalized spacial score (nSPS) is 14.8. The van der Waals surface area contributed by atoms with E-state index in [0.717, 1.165) is 24.3 Å². The fraction of sp³-hybridized carbons (Fsp3) is 0.318. The third-order valence-electron chi connectivity index (χ3n) is 4.95. The zero-order valence-electron chi connectivity index (χ0n) is 16.4. The molecule has 2 aromatic carbocycles. The van der Waals surface area contributed by atoms with Crippen molar-refractivity contribution in [1.82, 2.24) is 4.90 Å². The number of rotatable bonds is 1. The van der Waals surface area contributed by atoms with Gasteiger partial charge in [-0.15, -0.1) is 0 Å². The van der Waals surface area contributed by atoms with Gasteiger partial charge >= 0.3 is 12.4 Å². The average molecular weight is 440 g/mol. The highest BCUT2D eigenvalue weighted by atomic mass is 19.4. The molecule has 0 atom stereocenters. The Morgan fingerprint density at radius 1 is 0.871 bits per heavy atom. The maximum atomic E-state index is 13.0. The Bertz CT molecular complexity index is 1020. The van der Waals surface area contributed by atoms with Gasteiger partial charge < -0.3 is 9.80 Å². The van der Waals surface area contributed by atoms with Gasteiger partial charge in [-0.2, -0.15) is 26.3 Å². The summed E-state index contributed by atoms with van der Waals surface area (Å²) in [5, 5.41) is 0. The van der Waals surface area contributed by atoms with Crippen LogP contribution in [0.5, 0.6) is 0 Å². The van der Waals surface area contributed by atoms with Gasteiger partial charge in [0.1, 0.15) is 0 Å². The Labute approximate surface area is 175 Å². The van der Waals surface area contributed by atoms with Crippen molar-refractivity contribution in [2.45, 2.75) is 19.3 Å². The second-order valence-corrected chi connectivity index (χ2v) is 7.11. The fourth-order valence-corrected chi connectivity index (χ4v) is 3.25. The van der Waals surface area contributed by atoms with Crippen molar-refractivity contribution in [3.63, 3.8) is 0 Å². The van der Waals surface area contributed by atoms with Gasteiger partial charge in [0, 0.05) is 43.4 Å². The molecule has 0 radical (unpaired) electrons. The molecule has 0 spiro atoms. The summed E-state index contributed by atoms with van der Waals surface area (Å²) in [5.74, 6) is 4.25. The van der Waals surface area contributed by atoms with Crippen LogP contribution in [-0.2, 0) is 17.1 Å². The Kier molecular flexibility index (Phi) is 6.20. The number of hydrogen-bond acceptors (Lipinski definition) is 2. The first-order valence-electron chi connectivity index (χ1n) is 9.36. The lowest BCUT2D eigenvalue weighted by Crippen LogP contribution is -2.48. The van der Waals surface area contributed by atoms with Crippen LogP contribution >= 0.6 is 0 Å². The summed E-state index contributed by atoms with van der Waals surface area (Å²) in [5.41, 5.74) is -0.370. The van der Waals surface area contributed by atoms with Gasteiger partial charge in [0.2, 0.25) is 0 Å². The number of benzene rings is 2. The third kappa shape index (κ3) is 5.51. The lowest BCUT2D eigenvalue weighted by molar-refractivity contribution is -0.138. The van der Waals surface area contributed by atoms with E-state index in [1.807, 2.05) is 0 Å². The molecule has 0 saturated carbocycles. The van der Waals surface area contributed by atoms with Gasteiger partial charge in [-0.1, -0.05) is 18.1 Å². The topological polar surface area (TPSA) is 23.6 Å². The van der Waals surface area contributed by atoms with Crippen molar-refractivity contribution in [3.05, 3.63) is 64.7 Å². The second-order valence-electron chi connectivity index (χ2n) is 7.11. The number of piperazine rings is 1. The number of carbonyl (C=O) groups excluding carboxylic acids is 1. The number of alkyl halides is 6. The third-order valence-corrected chi connectivity index (χ3v) is 4.95. The Hall–Kier alpha value is -3.15. The molecular formula is C22H18F6N2O. The van der Waals surface area contributed by atoms with Crippen molar-refractivity contribution < 1.29 is 31.1 Å². The first kappa shape index (κ1) is 22.5. The monoisotopic (exact) mass is 440 g/mol. The van der Waals surface area contributed by atoms with Crippen LogP contribution in [0.3, 0.4) is 0 Å². The van der Waals surface area contributed by atoms with Crippen LogP contribution in [0.1, 0.15) is 22.3 Å². The van der Waals surface area contributed by atoms with E-state index in [9.17, 15) is 31.1 Å². The Balaban J connectivity index is 1.66. The van der Waals surface area contributed by atoms with Crippen molar-refractivity contribution in [1.29, 1.82) is 0 Å². The molecule has 1 heterocycles. The fourth-order valence-electron chi connectivity index (χ4n) is 3.25. The number of halogens is 6. The Morgan fingerprint density at radius 2 is 1.48 bits per heavy atom. The summed E-state index contributed by atoms with van der Waals surface area (Å²) in [4.78, 5) is 15.5. The first-order chi connectivity index (χ1) is 14.4. The molecule has 1 saturated heterocycles. The van der Waals surface area contributed by atoms with E-state index in [1.165, 1.54) is 23.1 Å². The molecule has 1 amide bonds. The smallest absolute Gasteiger partial charge is 0.368 e. The van der Waals surface area contributed by atoms with E-state index in [0.29, 0.717) is 24.3 Å². The molecule has 164 valence electrons. The summed E-state index contributed by atoms with van der Waals surface area (Å²) < 4.78 is 77.3. The Morgan fingerprint density at radius 3 is 2.10 bits per heavy atom. The molecule has 31 heavy (non-hydrogen) atoms. The summed E-state index contributed by atoms with van der Waals surface area (Å²) in [6.45, 7) is 2.84. The van der Waals surface area contributed by atoms with Gasteiger partial charge in [0.05, 0.1) is 11.1 Å². The summed E-state index contributed by atoms with van der Waals surface area (Å²) in [7, 11) is 0. The molecule has 2 aromatic rings. The SMILES string of the molecule is Cc1ccc(C(F)(F)F)cc1N1CCN(C(=O)C#Cc2cccc(C(F)(F)F)c2)CC1. The van der Waals surface area contributed by atoms with E-state index in [-0.39, 0.29) is 18.7 Å².